The predicted molar refractivity (Wildman–Crippen MR) is 93.7 cm³/mol. The summed E-state index contributed by atoms with van der Waals surface area (Å²) in [5.41, 5.74) is 9.74. The lowest BCUT2D eigenvalue weighted by Crippen LogP contribution is -2.15. The van der Waals surface area contributed by atoms with Crippen LogP contribution in [0.5, 0.6) is 0 Å². The van der Waals surface area contributed by atoms with E-state index in [1.54, 1.807) is 12.4 Å². The SMILES string of the molecule is N=C(N=C(N)c1ccc(-c2ccncc2)cc1)c1ccccc1. The van der Waals surface area contributed by atoms with E-state index >= 15 is 0 Å². The van der Waals surface area contributed by atoms with E-state index in [0.717, 1.165) is 22.3 Å². The molecule has 1 heterocycles. The number of hydrogen-bond acceptors (Lipinski definition) is 2. The first-order chi connectivity index (χ1) is 11.2. The van der Waals surface area contributed by atoms with Gasteiger partial charge in [0.1, 0.15) is 5.84 Å². The Morgan fingerprint density at radius 1 is 0.783 bits per heavy atom. The molecule has 0 aliphatic carbocycles. The molecule has 3 N–H and O–H groups in total. The Bertz CT molecular complexity index is 822. The van der Waals surface area contributed by atoms with E-state index in [1.165, 1.54) is 0 Å². The van der Waals surface area contributed by atoms with Crippen molar-refractivity contribution in [1.29, 1.82) is 5.41 Å². The van der Waals surface area contributed by atoms with Crippen molar-refractivity contribution in [3.05, 3.63) is 90.3 Å². The molecule has 0 aliphatic rings. The van der Waals surface area contributed by atoms with Crippen LogP contribution < -0.4 is 5.73 Å². The van der Waals surface area contributed by atoms with Crippen LogP contribution in [0.3, 0.4) is 0 Å². The van der Waals surface area contributed by atoms with Crippen molar-refractivity contribution in [3.8, 4) is 11.1 Å². The first kappa shape index (κ1) is 14.7. The summed E-state index contributed by atoms with van der Waals surface area (Å²) < 4.78 is 0. The monoisotopic (exact) mass is 300 g/mol. The van der Waals surface area contributed by atoms with Crippen LogP contribution in [0.2, 0.25) is 0 Å². The van der Waals surface area contributed by atoms with E-state index in [9.17, 15) is 0 Å². The Morgan fingerprint density at radius 2 is 1.39 bits per heavy atom. The molecule has 0 saturated carbocycles. The molecule has 3 rings (SSSR count). The summed E-state index contributed by atoms with van der Waals surface area (Å²) in [6, 6.07) is 21.0. The fraction of sp³-hybridized carbons (Fsp3) is 0. The molecular formula is C19H16N4. The van der Waals surface area contributed by atoms with Crippen molar-refractivity contribution in [1.82, 2.24) is 4.98 Å². The Kier molecular flexibility index (Phi) is 4.25. The third-order valence-corrected chi connectivity index (χ3v) is 3.47. The lowest BCUT2D eigenvalue weighted by atomic mass is 10.0. The summed E-state index contributed by atoms with van der Waals surface area (Å²) >= 11 is 0. The Morgan fingerprint density at radius 3 is 2.04 bits per heavy atom. The molecule has 0 aliphatic heterocycles. The maximum Gasteiger partial charge on any atom is 0.154 e. The number of pyridine rings is 1. The molecule has 0 spiro atoms. The molecule has 0 atom stereocenters. The number of rotatable bonds is 3. The fourth-order valence-corrected chi connectivity index (χ4v) is 2.22. The number of benzene rings is 2. The van der Waals surface area contributed by atoms with Crippen molar-refractivity contribution in [3.63, 3.8) is 0 Å². The summed E-state index contributed by atoms with van der Waals surface area (Å²) in [7, 11) is 0. The highest BCUT2D eigenvalue weighted by Gasteiger charge is 2.04. The lowest BCUT2D eigenvalue weighted by Gasteiger charge is -2.05. The number of hydrogen-bond donors (Lipinski definition) is 2. The van der Waals surface area contributed by atoms with Gasteiger partial charge in [-0.05, 0) is 23.3 Å². The van der Waals surface area contributed by atoms with E-state index in [0.29, 0.717) is 5.84 Å². The molecule has 4 nitrogen and oxygen atoms in total. The Hall–Kier alpha value is -3.27. The second-order valence-corrected chi connectivity index (χ2v) is 5.02. The van der Waals surface area contributed by atoms with Crippen molar-refractivity contribution in [2.75, 3.05) is 0 Å². The van der Waals surface area contributed by atoms with Gasteiger partial charge in [0.25, 0.3) is 0 Å². The summed E-state index contributed by atoms with van der Waals surface area (Å²) in [6.07, 6.45) is 3.53. The van der Waals surface area contributed by atoms with Gasteiger partial charge in [0.2, 0.25) is 0 Å². The third kappa shape index (κ3) is 3.49. The maximum atomic E-state index is 8.01. The standard InChI is InChI=1S/C19H16N4/c20-18(16-4-2-1-3-5-16)23-19(21)17-8-6-14(7-9-17)15-10-12-22-13-11-15/h1-13H,(H3,20,21,23). The van der Waals surface area contributed by atoms with Gasteiger partial charge in [-0.15, -0.1) is 0 Å². The van der Waals surface area contributed by atoms with Crippen LogP contribution in [-0.4, -0.2) is 16.7 Å². The molecule has 0 saturated heterocycles. The van der Waals surface area contributed by atoms with Crippen LogP contribution in [0.4, 0.5) is 0 Å². The average molecular weight is 300 g/mol. The van der Waals surface area contributed by atoms with Crippen LogP contribution in [0.25, 0.3) is 11.1 Å². The van der Waals surface area contributed by atoms with Gasteiger partial charge in [-0.2, -0.15) is 0 Å². The number of aliphatic imine (C=N–C) groups is 1. The Labute approximate surface area is 134 Å². The van der Waals surface area contributed by atoms with E-state index in [4.69, 9.17) is 11.1 Å². The molecule has 3 aromatic rings. The maximum absolute atomic E-state index is 8.01. The minimum Gasteiger partial charge on any atom is -0.383 e. The van der Waals surface area contributed by atoms with Gasteiger partial charge in [0.15, 0.2) is 5.84 Å². The molecule has 23 heavy (non-hydrogen) atoms. The first-order valence-electron chi connectivity index (χ1n) is 7.23. The van der Waals surface area contributed by atoms with Crippen LogP contribution in [-0.2, 0) is 0 Å². The molecule has 112 valence electrons. The molecule has 0 amide bonds. The number of nitrogens with two attached hydrogens (primary N) is 1. The Balaban J connectivity index is 1.82. The molecule has 1 aromatic heterocycles. The highest BCUT2D eigenvalue weighted by Crippen LogP contribution is 2.18. The van der Waals surface area contributed by atoms with Gasteiger partial charge < -0.3 is 5.73 Å². The molecule has 0 unspecified atom stereocenters. The summed E-state index contributed by atoms with van der Waals surface area (Å²) in [5, 5.41) is 8.01. The van der Waals surface area contributed by atoms with Gasteiger partial charge in [0.05, 0.1) is 0 Å². The van der Waals surface area contributed by atoms with Gasteiger partial charge in [0, 0.05) is 23.5 Å². The smallest absolute Gasteiger partial charge is 0.154 e. The van der Waals surface area contributed by atoms with Crippen molar-refractivity contribution in [2.45, 2.75) is 0 Å². The zero-order chi connectivity index (χ0) is 16.1. The summed E-state index contributed by atoms with van der Waals surface area (Å²) in [4.78, 5) is 8.20. The minimum absolute atomic E-state index is 0.154. The highest BCUT2D eigenvalue weighted by molar-refractivity contribution is 6.09. The molecule has 0 bridgehead atoms. The first-order valence-corrected chi connectivity index (χ1v) is 7.23. The normalized spacial score (nSPS) is 11.2. The second-order valence-electron chi connectivity index (χ2n) is 5.02. The van der Waals surface area contributed by atoms with Gasteiger partial charge in [-0.25, -0.2) is 4.99 Å². The highest BCUT2D eigenvalue weighted by atomic mass is 14.9. The zero-order valence-corrected chi connectivity index (χ0v) is 12.5. The van der Waals surface area contributed by atoms with Crippen molar-refractivity contribution < 1.29 is 0 Å². The van der Waals surface area contributed by atoms with Crippen LogP contribution >= 0.6 is 0 Å². The number of aromatic nitrogens is 1. The zero-order valence-electron chi connectivity index (χ0n) is 12.5. The van der Waals surface area contributed by atoms with E-state index in [1.807, 2.05) is 66.7 Å². The number of amidine groups is 2. The lowest BCUT2D eigenvalue weighted by molar-refractivity contribution is 1.33. The third-order valence-electron chi connectivity index (χ3n) is 3.47. The van der Waals surface area contributed by atoms with E-state index in [-0.39, 0.29) is 5.84 Å². The second kappa shape index (κ2) is 6.66. The largest absolute Gasteiger partial charge is 0.383 e. The average Bonchev–Trinajstić information content (AvgIpc) is 2.63. The number of nitrogens with zero attached hydrogens (tertiary/aromatic N) is 2. The topological polar surface area (TPSA) is 75.1 Å². The van der Waals surface area contributed by atoms with Gasteiger partial charge in [-0.3, -0.25) is 10.4 Å². The van der Waals surface area contributed by atoms with Gasteiger partial charge >= 0.3 is 0 Å². The number of nitrogens with one attached hydrogen (secondary N) is 1. The van der Waals surface area contributed by atoms with Crippen molar-refractivity contribution >= 4 is 11.7 Å². The van der Waals surface area contributed by atoms with E-state index in [2.05, 4.69) is 9.98 Å². The summed E-state index contributed by atoms with van der Waals surface area (Å²) in [5.74, 6) is 0.487. The van der Waals surface area contributed by atoms with Crippen LogP contribution in [0.1, 0.15) is 11.1 Å². The molecule has 4 heteroatoms. The van der Waals surface area contributed by atoms with Gasteiger partial charge in [-0.1, -0.05) is 54.6 Å². The molecule has 2 aromatic carbocycles. The molecule has 0 radical (unpaired) electrons. The van der Waals surface area contributed by atoms with E-state index < -0.39 is 0 Å². The molecule has 0 fully saturated rings. The van der Waals surface area contributed by atoms with Crippen molar-refractivity contribution in [2.24, 2.45) is 10.7 Å². The molecular weight excluding hydrogens is 284 g/mol. The predicted octanol–water partition coefficient (Wildman–Crippen LogP) is 3.48. The fourth-order valence-electron chi connectivity index (χ4n) is 2.22. The summed E-state index contributed by atoms with van der Waals surface area (Å²) in [6.45, 7) is 0. The quantitative estimate of drug-likeness (QED) is 0.574. The van der Waals surface area contributed by atoms with Crippen LogP contribution in [0.15, 0.2) is 84.1 Å². The minimum atomic E-state index is 0.154. The van der Waals surface area contributed by atoms with Crippen LogP contribution in [0, 0.1) is 5.41 Å².